The first-order chi connectivity index (χ1) is 11.1. The molecule has 0 unspecified atom stereocenters. The highest BCUT2D eigenvalue weighted by Crippen LogP contribution is 2.13. The molecule has 0 aliphatic carbocycles. The van der Waals surface area contributed by atoms with Crippen molar-refractivity contribution in [2.45, 2.75) is 13.5 Å². The maximum atomic E-state index is 12.2. The molecule has 116 valence electrons. The number of halogens is 1. The number of nitrogens with one attached hydrogen (secondary N) is 1. The van der Waals surface area contributed by atoms with Gasteiger partial charge in [-0.3, -0.25) is 4.79 Å². The first kappa shape index (κ1) is 15.1. The van der Waals surface area contributed by atoms with Gasteiger partial charge in [0.2, 0.25) is 0 Å². The predicted octanol–water partition coefficient (Wildman–Crippen LogP) is 1.95. The third-order valence-electron chi connectivity index (χ3n) is 3.13. The summed E-state index contributed by atoms with van der Waals surface area (Å²) in [6.45, 7) is 2.05. The fourth-order valence-corrected chi connectivity index (χ4v) is 2.21. The molecule has 1 amide bonds. The van der Waals surface area contributed by atoms with E-state index in [-0.39, 0.29) is 16.6 Å². The Morgan fingerprint density at radius 3 is 3.04 bits per heavy atom. The zero-order chi connectivity index (χ0) is 16.2. The third kappa shape index (κ3) is 3.51. The van der Waals surface area contributed by atoms with Gasteiger partial charge in [-0.15, -0.1) is 0 Å². The van der Waals surface area contributed by atoms with Crippen LogP contribution in [0.5, 0.6) is 0 Å². The van der Waals surface area contributed by atoms with E-state index in [1.807, 2.05) is 24.3 Å². The van der Waals surface area contributed by atoms with Gasteiger partial charge in [-0.2, -0.15) is 5.10 Å². The smallest absolute Gasteiger partial charge is 0.271 e. The highest BCUT2D eigenvalue weighted by molar-refractivity contribution is 6.33. The van der Waals surface area contributed by atoms with Crippen LogP contribution in [0, 0.1) is 6.92 Å². The summed E-state index contributed by atoms with van der Waals surface area (Å²) in [6, 6.07) is 7.63. The van der Waals surface area contributed by atoms with Crippen molar-refractivity contribution in [1.29, 1.82) is 0 Å². The van der Waals surface area contributed by atoms with Gasteiger partial charge in [0.25, 0.3) is 5.91 Å². The molecule has 3 rings (SSSR count). The summed E-state index contributed by atoms with van der Waals surface area (Å²) in [7, 11) is 0. The largest absolute Gasteiger partial charge is 0.347 e. The van der Waals surface area contributed by atoms with Crippen LogP contribution >= 0.6 is 11.6 Å². The summed E-state index contributed by atoms with van der Waals surface area (Å²) >= 11 is 5.96. The minimum Gasteiger partial charge on any atom is -0.347 e. The molecule has 1 aromatic carbocycles. The number of rotatable bonds is 4. The van der Waals surface area contributed by atoms with E-state index < -0.39 is 0 Å². The average Bonchev–Trinajstić information content (AvgIpc) is 3.10. The van der Waals surface area contributed by atoms with Crippen LogP contribution in [0.2, 0.25) is 5.02 Å². The zero-order valence-corrected chi connectivity index (χ0v) is 13.0. The first-order valence-corrected chi connectivity index (χ1v) is 7.22. The van der Waals surface area contributed by atoms with Gasteiger partial charge in [-0.05, 0) is 24.6 Å². The number of amides is 1. The van der Waals surface area contributed by atoms with Crippen molar-refractivity contribution in [3.63, 3.8) is 0 Å². The van der Waals surface area contributed by atoms with Gasteiger partial charge in [0, 0.05) is 6.54 Å². The molecule has 3 aromatic rings. The monoisotopic (exact) mass is 328 g/mol. The highest BCUT2D eigenvalue weighted by Gasteiger charge is 2.13. The van der Waals surface area contributed by atoms with Crippen LogP contribution in [0.15, 0.2) is 43.1 Å². The normalized spacial score (nSPS) is 10.5. The van der Waals surface area contributed by atoms with Crippen LogP contribution in [0.4, 0.5) is 0 Å². The molecule has 0 atom stereocenters. The molecule has 2 aromatic heterocycles. The molecular weight excluding hydrogens is 316 g/mol. The van der Waals surface area contributed by atoms with Crippen LogP contribution in [0.25, 0.3) is 5.69 Å². The number of carbonyl (C=O) groups is 1. The molecule has 2 heterocycles. The molecule has 0 saturated carbocycles. The Hall–Kier alpha value is -2.80. The van der Waals surface area contributed by atoms with E-state index >= 15 is 0 Å². The molecule has 0 saturated heterocycles. The van der Waals surface area contributed by atoms with Gasteiger partial charge in [0.1, 0.15) is 24.2 Å². The third-order valence-corrected chi connectivity index (χ3v) is 3.40. The van der Waals surface area contributed by atoms with E-state index in [0.29, 0.717) is 12.4 Å². The summed E-state index contributed by atoms with van der Waals surface area (Å²) < 4.78 is 1.65. The number of nitrogens with zero attached hydrogens (tertiary/aromatic N) is 5. The van der Waals surface area contributed by atoms with E-state index in [2.05, 4.69) is 25.4 Å². The maximum absolute atomic E-state index is 12.2. The van der Waals surface area contributed by atoms with Gasteiger partial charge in [-0.25, -0.2) is 19.6 Å². The summed E-state index contributed by atoms with van der Waals surface area (Å²) in [5.41, 5.74) is 1.96. The van der Waals surface area contributed by atoms with Crippen molar-refractivity contribution >= 4 is 17.5 Å². The fourth-order valence-electron chi connectivity index (χ4n) is 2.03. The molecule has 1 N–H and O–H groups in total. The second kappa shape index (κ2) is 6.53. The number of aryl methyl sites for hydroxylation is 1. The van der Waals surface area contributed by atoms with Crippen LogP contribution in [0.3, 0.4) is 0 Å². The van der Waals surface area contributed by atoms with E-state index in [1.165, 1.54) is 12.5 Å². The minimum atomic E-state index is -0.341. The van der Waals surface area contributed by atoms with Gasteiger partial charge < -0.3 is 5.32 Å². The molecule has 0 aliphatic rings. The molecule has 7 nitrogen and oxygen atoms in total. The van der Waals surface area contributed by atoms with Gasteiger partial charge in [0.05, 0.1) is 16.9 Å². The predicted molar refractivity (Wildman–Crippen MR) is 84.3 cm³/mol. The fraction of sp³-hybridized carbons (Fsp3) is 0.133. The Morgan fingerprint density at radius 2 is 2.26 bits per heavy atom. The van der Waals surface area contributed by atoms with E-state index in [9.17, 15) is 4.79 Å². The van der Waals surface area contributed by atoms with Gasteiger partial charge in [0.15, 0.2) is 0 Å². The number of hydrogen-bond donors (Lipinski definition) is 1. The van der Waals surface area contributed by atoms with Crippen molar-refractivity contribution in [3.8, 4) is 5.69 Å². The standard InChI is InChI=1S/C15H13ClN6O/c1-10-18-7-13(16)14(21-10)15(23)19-6-11-3-2-4-12(5-11)22-9-17-8-20-22/h2-5,7-9H,6H2,1H3,(H,19,23). The molecule has 0 radical (unpaired) electrons. The number of carbonyl (C=O) groups excluding carboxylic acids is 1. The average molecular weight is 329 g/mol. The summed E-state index contributed by atoms with van der Waals surface area (Å²) in [5.74, 6) is 0.152. The lowest BCUT2D eigenvalue weighted by atomic mass is 10.2. The highest BCUT2D eigenvalue weighted by atomic mass is 35.5. The van der Waals surface area contributed by atoms with Crippen LogP contribution < -0.4 is 5.32 Å². The molecular formula is C15H13ClN6O. The van der Waals surface area contributed by atoms with E-state index in [4.69, 9.17) is 11.6 Å². The Kier molecular flexibility index (Phi) is 4.29. The van der Waals surface area contributed by atoms with Crippen molar-refractivity contribution in [1.82, 2.24) is 30.0 Å². The summed E-state index contributed by atoms with van der Waals surface area (Å²) in [5, 5.41) is 7.10. The summed E-state index contributed by atoms with van der Waals surface area (Å²) in [4.78, 5) is 24.1. The van der Waals surface area contributed by atoms with E-state index in [0.717, 1.165) is 11.3 Å². The maximum Gasteiger partial charge on any atom is 0.271 e. The Bertz CT molecular complexity index is 834. The van der Waals surface area contributed by atoms with Crippen LogP contribution in [-0.2, 0) is 6.54 Å². The SMILES string of the molecule is Cc1ncc(Cl)c(C(=O)NCc2cccc(-n3cncn3)c2)n1. The van der Waals surface area contributed by atoms with Crippen molar-refractivity contribution in [2.75, 3.05) is 0 Å². The topological polar surface area (TPSA) is 85.6 Å². The first-order valence-electron chi connectivity index (χ1n) is 6.85. The molecule has 23 heavy (non-hydrogen) atoms. The molecule has 8 heteroatoms. The van der Waals surface area contributed by atoms with E-state index in [1.54, 1.807) is 17.9 Å². The number of benzene rings is 1. The Morgan fingerprint density at radius 1 is 1.39 bits per heavy atom. The molecule has 0 spiro atoms. The van der Waals surface area contributed by atoms with Crippen LogP contribution in [-0.4, -0.2) is 30.6 Å². The molecule has 0 aliphatic heterocycles. The van der Waals surface area contributed by atoms with Gasteiger partial charge in [-0.1, -0.05) is 23.7 Å². The number of aromatic nitrogens is 5. The lowest BCUT2D eigenvalue weighted by molar-refractivity contribution is 0.0945. The molecule has 0 bridgehead atoms. The van der Waals surface area contributed by atoms with Crippen molar-refractivity contribution < 1.29 is 4.79 Å². The minimum absolute atomic E-state index is 0.173. The Balaban J connectivity index is 1.72. The van der Waals surface area contributed by atoms with Crippen LogP contribution in [0.1, 0.15) is 21.9 Å². The second-order valence-electron chi connectivity index (χ2n) is 4.81. The quantitative estimate of drug-likeness (QED) is 0.791. The second-order valence-corrected chi connectivity index (χ2v) is 5.21. The van der Waals surface area contributed by atoms with Gasteiger partial charge >= 0.3 is 0 Å². The lowest BCUT2D eigenvalue weighted by Gasteiger charge is -2.08. The zero-order valence-electron chi connectivity index (χ0n) is 12.3. The molecule has 0 fully saturated rings. The Labute approximate surface area is 137 Å². The van der Waals surface area contributed by atoms with Crippen molar-refractivity contribution in [3.05, 3.63) is 65.2 Å². The number of hydrogen-bond acceptors (Lipinski definition) is 5. The van der Waals surface area contributed by atoms with Crippen molar-refractivity contribution in [2.24, 2.45) is 0 Å². The summed E-state index contributed by atoms with van der Waals surface area (Å²) in [6.07, 6.45) is 4.50. The lowest BCUT2D eigenvalue weighted by Crippen LogP contribution is -2.24.